The Bertz CT molecular complexity index is 720. The van der Waals surface area contributed by atoms with Crippen LogP contribution in [-0.2, 0) is 18.3 Å². The molecule has 0 spiro atoms. The van der Waals surface area contributed by atoms with Gasteiger partial charge in [0.25, 0.3) is 0 Å². The number of aryl methyl sites for hydroxylation is 2. The van der Waals surface area contributed by atoms with Crippen LogP contribution in [0.5, 0.6) is 5.75 Å². The van der Waals surface area contributed by atoms with Gasteiger partial charge in [-0.3, -0.25) is 4.79 Å². The summed E-state index contributed by atoms with van der Waals surface area (Å²) >= 11 is 0. The van der Waals surface area contributed by atoms with E-state index in [1.807, 2.05) is 18.2 Å². The molecule has 1 fully saturated rings. The number of piperidine rings is 1. The first-order valence-corrected chi connectivity index (χ1v) is 9.14. The molecule has 0 aliphatic carbocycles. The number of hydrogen-bond acceptors (Lipinski definition) is 4. The van der Waals surface area contributed by atoms with Crippen molar-refractivity contribution < 1.29 is 14.6 Å². The SMILES string of the molecule is Cn1c(CCC2CCNCC2)nc2ccc(OCCCC(=O)O)cc21. The Morgan fingerprint density at radius 3 is 2.96 bits per heavy atom. The zero-order chi connectivity index (χ0) is 17.6. The molecule has 0 radical (unpaired) electrons. The zero-order valence-corrected chi connectivity index (χ0v) is 14.8. The van der Waals surface area contributed by atoms with Crippen LogP contribution in [0.4, 0.5) is 0 Å². The number of benzene rings is 1. The minimum Gasteiger partial charge on any atom is -0.494 e. The number of imidazole rings is 1. The Morgan fingerprint density at radius 1 is 1.40 bits per heavy atom. The second kappa shape index (κ2) is 8.34. The van der Waals surface area contributed by atoms with Crippen LogP contribution in [0, 0.1) is 5.92 Å². The molecule has 6 heteroatoms. The highest BCUT2D eigenvalue weighted by Crippen LogP contribution is 2.24. The average Bonchev–Trinajstić information content (AvgIpc) is 2.93. The van der Waals surface area contributed by atoms with Crippen molar-refractivity contribution in [1.82, 2.24) is 14.9 Å². The molecule has 25 heavy (non-hydrogen) atoms. The second-order valence-corrected chi connectivity index (χ2v) is 6.82. The van der Waals surface area contributed by atoms with Crippen molar-refractivity contribution in [2.24, 2.45) is 13.0 Å². The molecule has 0 atom stereocenters. The van der Waals surface area contributed by atoms with Crippen molar-refractivity contribution in [1.29, 1.82) is 0 Å². The van der Waals surface area contributed by atoms with Crippen molar-refractivity contribution in [3.8, 4) is 5.75 Å². The Balaban J connectivity index is 1.61. The van der Waals surface area contributed by atoms with Gasteiger partial charge in [-0.25, -0.2) is 4.98 Å². The van der Waals surface area contributed by atoms with Crippen molar-refractivity contribution in [3.05, 3.63) is 24.0 Å². The van der Waals surface area contributed by atoms with Gasteiger partial charge in [-0.15, -0.1) is 0 Å². The first kappa shape index (κ1) is 17.7. The number of aliphatic carboxylic acids is 1. The van der Waals surface area contributed by atoms with Gasteiger partial charge in [-0.1, -0.05) is 0 Å². The van der Waals surface area contributed by atoms with E-state index in [4.69, 9.17) is 14.8 Å². The van der Waals surface area contributed by atoms with Gasteiger partial charge in [0.2, 0.25) is 0 Å². The molecule has 1 aromatic carbocycles. The van der Waals surface area contributed by atoms with Gasteiger partial charge in [-0.2, -0.15) is 0 Å². The summed E-state index contributed by atoms with van der Waals surface area (Å²) in [6, 6.07) is 5.89. The number of carboxylic acids is 1. The molecule has 0 bridgehead atoms. The molecule has 2 N–H and O–H groups in total. The highest BCUT2D eigenvalue weighted by molar-refractivity contribution is 5.77. The highest BCUT2D eigenvalue weighted by Gasteiger charge is 2.15. The zero-order valence-electron chi connectivity index (χ0n) is 14.8. The first-order chi connectivity index (χ1) is 12.1. The van der Waals surface area contributed by atoms with Gasteiger partial charge in [0.15, 0.2) is 0 Å². The summed E-state index contributed by atoms with van der Waals surface area (Å²) < 4.78 is 7.83. The minimum atomic E-state index is -0.788. The number of nitrogens with zero attached hydrogens (tertiary/aromatic N) is 2. The molecule has 2 heterocycles. The van der Waals surface area contributed by atoms with E-state index in [1.165, 1.54) is 19.3 Å². The summed E-state index contributed by atoms with van der Waals surface area (Å²) in [5.74, 6) is 1.90. The number of carbonyl (C=O) groups is 1. The lowest BCUT2D eigenvalue weighted by atomic mass is 9.93. The van der Waals surface area contributed by atoms with E-state index in [1.54, 1.807) is 0 Å². The Morgan fingerprint density at radius 2 is 2.20 bits per heavy atom. The van der Waals surface area contributed by atoms with Gasteiger partial charge in [0.1, 0.15) is 11.6 Å². The maximum absolute atomic E-state index is 10.5. The van der Waals surface area contributed by atoms with Crippen LogP contribution < -0.4 is 10.1 Å². The standard InChI is InChI=1S/C19H27N3O3/c1-22-17-13-15(25-12-2-3-19(23)24)5-6-16(17)21-18(22)7-4-14-8-10-20-11-9-14/h5-6,13-14,20H,2-4,7-12H2,1H3,(H,23,24). The maximum Gasteiger partial charge on any atom is 0.303 e. The Labute approximate surface area is 148 Å². The van der Waals surface area contributed by atoms with E-state index in [-0.39, 0.29) is 6.42 Å². The lowest BCUT2D eigenvalue weighted by Crippen LogP contribution is -2.28. The van der Waals surface area contributed by atoms with Crippen LogP contribution in [0.3, 0.4) is 0 Å². The van der Waals surface area contributed by atoms with Crippen LogP contribution in [0.1, 0.15) is 37.9 Å². The molecule has 136 valence electrons. The fourth-order valence-corrected chi connectivity index (χ4v) is 3.45. The summed E-state index contributed by atoms with van der Waals surface area (Å²) in [4.78, 5) is 15.3. The van der Waals surface area contributed by atoms with Crippen molar-refractivity contribution in [3.63, 3.8) is 0 Å². The quantitative estimate of drug-likeness (QED) is 0.720. The minimum absolute atomic E-state index is 0.134. The van der Waals surface area contributed by atoms with E-state index in [0.717, 1.165) is 48.0 Å². The second-order valence-electron chi connectivity index (χ2n) is 6.82. The van der Waals surface area contributed by atoms with E-state index >= 15 is 0 Å². The van der Waals surface area contributed by atoms with Crippen LogP contribution in [-0.4, -0.2) is 40.3 Å². The third kappa shape index (κ3) is 4.72. The summed E-state index contributed by atoms with van der Waals surface area (Å²) in [6.45, 7) is 2.68. The van der Waals surface area contributed by atoms with Crippen LogP contribution in [0.25, 0.3) is 11.0 Å². The largest absolute Gasteiger partial charge is 0.494 e. The summed E-state index contributed by atoms with van der Waals surface area (Å²) in [6.07, 6.45) is 5.37. The van der Waals surface area contributed by atoms with E-state index in [2.05, 4.69) is 16.9 Å². The molecule has 1 aromatic heterocycles. The number of aromatic nitrogens is 2. The monoisotopic (exact) mass is 345 g/mol. The van der Waals surface area contributed by atoms with Crippen LogP contribution >= 0.6 is 0 Å². The molecule has 6 nitrogen and oxygen atoms in total. The number of rotatable bonds is 8. The lowest BCUT2D eigenvalue weighted by Gasteiger charge is -2.22. The molecular formula is C19H27N3O3. The molecule has 0 amide bonds. The molecule has 0 saturated carbocycles. The topological polar surface area (TPSA) is 76.4 Å². The van der Waals surface area contributed by atoms with Crippen molar-refractivity contribution in [2.45, 2.75) is 38.5 Å². The van der Waals surface area contributed by atoms with E-state index in [0.29, 0.717) is 13.0 Å². The smallest absolute Gasteiger partial charge is 0.303 e. The molecule has 1 aliphatic heterocycles. The van der Waals surface area contributed by atoms with Gasteiger partial charge in [0.05, 0.1) is 17.6 Å². The van der Waals surface area contributed by atoms with Gasteiger partial charge < -0.3 is 19.7 Å². The molecule has 3 rings (SSSR count). The molecular weight excluding hydrogens is 318 g/mol. The molecule has 1 aliphatic rings. The number of carboxylic acid groups (broad SMARTS) is 1. The van der Waals surface area contributed by atoms with Gasteiger partial charge >= 0.3 is 5.97 Å². The number of ether oxygens (including phenoxy) is 1. The highest BCUT2D eigenvalue weighted by atomic mass is 16.5. The van der Waals surface area contributed by atoms with Crippen LogP contribution in [0.15, 0.2) is 18.2 Å². The predicted octanol–water partition coefficient (Wildman–Crippen LogP) is 2.75. The molecule has 2 aromatic rings. The third-order valence-electron chi connectivity index (χ3n) is 4.98. The molecule has 0 unspecified atom stereocenters. The Hall–Kier alpha value is -2.08. The Kier molecular flexibility index (Phi) is 5.91. The normalized spacial score (nSPS) is 15.6. The number of fused-ring (bicyclic) bond motifs is 1. The average molecular weight is 345 g/mol. The summed E-state index contributed by atoms with van der Waals surface area (Å²) in [5.41, 5.74) is 2.05. The van der Waals surface area contributed by atoms with E-state index in [9.17, 15) is 4.79 Å². The van der Waals surface area contributed by atoms with E-state index < -0.39 is 5.97 Å². The number of nitrogens with one attached hydrogen (secondary N) is 1. The predicted molar refractivity (Wildman–Crippen MR) is 97.0 cm³/mol. The third-order valence-corrected chi connectivity index (χ3v) is 4.98. The fraction of sp³-hybridized carbons (Fsp3) is 0.579. The maximum atomic E-state index is 10.5. The van der Waals surface area contributed by atoms with Crippen molar-refractivity contribution >= 4 is 17.0 Å². The van der Waals surface area contributed by atoms with Crippen LogP contribution in [0.2, 0.25) is 0 Å². The first-order valence-electron chi connectivity index (χ1n) is 9.14. The number of hydrogen-bond donors (Lipinski definition) is 2. The van der Waals surface area contributed by atoms with Gasteiger partial charge in [0, 0.05) is 26.0 Å². The summed E-state index contributed by atoms with van der Waals surface area (Å²) in [5, 5.41) is 12.1. The van der Waals surface area contributed by atoms with Crippen molar-refractivity contribution in [2.75, 3.05) is 19.7 Å². The van der Waals surface area contributed by atoms with Gasteiger partial charge in [-0.05, 0) is 56.8 Å². The lowest BCUT2D eigenvalue weighted by molar-refractivity contribution is -0.137. The fourth-order valence-electron chi connectivity index (χ4n) is 3.45. The molecule has 1 saturated heterocycles. The summed E-state index contributed by atoms with van der Waals surface area (Å²) in [7, 11) is 2.06.